The van der Waals surface area contributed by atoms with E-state index in [1.165, 1.54) is 6.07 Å². The second-order valence-electron chi connectivity index (χ2n) is 5.52. The van der Waals surface area contributed by atoms with Gasteiger partial charge in [-0.3, -0.25) is 4.79 Å². The number of para-hydroxylation sites is 2. The van der Waals surface area contributed by atoms with Gasteiger partial charge in [0.2, 0.25) is 0 Å². The molecule has 2 N–H and O–H groups in total. The first-order chi connectivity index (χ1) is 12.5. The molecule has 4 rings (SSSR count). The molecule has 7 heteroatoms. The molecule has 0 fully saturated rings. The average molecular weight is 411 g/mol. The van der Waals surface area contributed by atoms with E-state index in [0.717, 1.165) is 16.6 Å². The molecule has 1 aliphatic rings. The first kappa shape index (κ1) is 20.2. The van der Waals surface area contributed by atoms with E-state index in [9.17, 15) is 9.59 Å². The maximum absolute atomic E-state index is 10.6. The van der Waals surface area contributed by atoms with Gasteiger partial charge in [-0.2, -0.15) is 0 Å². The molecule has 0 bridgehead atoms. The van der Waals surface area contributed by atoms with E-state index in [4.69, 9.17) is 10.2 Å². The zero-order valence-corrected chi connectivity index (χ0v) is 14.9. The van der Waals surface area contributed by atoms with Gasteiger partial charge in [-0.15, -0.1) is 5.69 Å². The number of hydrogen-bond donors (Lipinski definition) is 2. The fourth-order valence-corrected chi connectivity index (χ4v) is 2.46. The predicted molar refractivity (Wildman–Crippen MR) is 98.6 cm³/mol. The monoisotopic (exact) mass is 410 g/mol. The molecule has 2 heterocycles. The number of benzene rings is 2. The van der Waals surface area contributed by atoms with Crippen molar-refractivity contribution in [2.45, 2.75) is 6.04 Å². The summed E-state index contributed by atoms with van der Waals surface area (Å²) in [6, 6.07) is 17.4. The van der Waals surface area contributed by atoms with Gasteiger partial charge < -0.3 is 15.5 Å². The normalized spacial score (nSPS) is 14.0. The Kier molecular flexibility index (Phi) is 6.71. The van der Waals surface area contributed by atoms with E-state index in [1.54, 1.807) is 24.3 Å². The predicted octanol–water partition coefficient (Wildman–Crippen LogP) is 4.10. The Balaban J connectivity index is 0.000000187. The van der Waals surface area contributed by atoms with Crippen LogP contribution in [0.1, 0.15) is 16.1 Å². The molecule has 6 nitrogen and oxygen atoms in total. The Morgan fingerprint density at radius 1 is 0.926 bits per heavy atom. The minimum atomic E-state index is -0.995. The minimum absolute atomic E-state index is 0. The third-order valence-electron chi connectivity index (χ3n) is 3.74. The van der Waals surface area contributed by atoms with Crippen LogP contribution >= 0.6 is 0 Å². The molecule has 1 unspecified atom stereocenters. The number of pyridine rings is 1. The summed E-state index contributed by atoms with van der Waals surface area (Å²) in [6.07, 6.45) is 3.38. The van der Waals surface area contributed by atoms with Gasteiger partial charge in [-0.1, -0.05) is 60.7 Å². The molecule has 0 amide bonds. The van der Waals surface area contributed by atoms with Crippen LogP contribution in [0.25, 0.3) is 22.3 Å². The molecule has 0 saturated heterocycles. The minimum Gasteiger partial charge on any atom is -0.669 e. The molecule has 1 atom stereocenters. The molecule has 0 aliphatic carbocycles. The fourth-order valence-electron chi connectivity index (χ4n) is 2.46. The zero-order chi connectivity index (χ0) is 18.5. The molecule has 0 spiro atoms. The van der Waals surface area contributed by atoms with Crippen LogP contribution in [0.5, 0.6) is 0 Å². The smallest absolute Gasteiger partial charge is 0.669 e. The summed E-state index contributed by atoms with van der Waals surface area (Å²) in [5.74, 6) is -1.91. The number of aromatic nitrogens is 1. The van der Waals surface area contributed by atoms with E-state index in [1.807, 2.05) is 42.5 Å². The number of rotatable bonds is 2. The Bertz CT molecular complexity index is 1000. The molecule has 3 aromatic rings. The van der Waals surface area contributed by atoms with Gasteiger partial charge in [0.25, 0.3) is 5.97 Å². The Morgan fingerprint density at radius 3 is 2.37 bits per heavy atom. The van der Waals surface area contributed by atoms with Crippen molar-refractivity contribution in [3.05, 3.63) is 83.3 Å². The number of aromatic carboxylic acids is 1. The quantitative estimate of drug-likeness (QED) is 0.619. The summed E-state index contributed by atoms with van der Waals surface area (Å²) >= 11 is 0. The van der Waals surface area contributed by atoms with Crippen molar-refractivity contribution < 1.29 is 36.9 Å². The van der Waals surface area contributed by atoms with Crippen LogP contribution < -0.4 is 0 Å². The van der Waals surface area contributed by atoms with Crippen molar-refractivity contribution in [1.29, 1.82) is 0 Å². The van der Waals surface area contributed by atoms with Crippen LogP contribution in [-0.2, 0) is 21.9 Å². The van der Waals surface area contributed by atoms with Crippen molar-refractivity contribution in [2.75, 3.05) is 0 Å². The summed E-state index contributed by atoms with van der Waals surface area (Å²) < 4.78 is 0. The molecule has 0 saturated carbocycles. The van der Waals surface area contributed by atoms with Crippen molar-refractivity contribution in [1.82, 2.24) is 4.98 Å². The Morgan fingerprint density at radius 2 is 1.63 bits per heavy atom. The Hall–Kier alpha value is -3.15. The van der Waals surface area contributed by atoms with Crippen molar-refractivity contribution in [3.8, 4) is 0 Å². The molecule has 27 heavy (non-hydrogen) atoms. The molecular formula is C20H15CuN2O4. The van der Waals surface area contributed by atoms with Gasteiger partial charge in [0, 0.05) is 11.4 Å². The number of hydrogen-bond acceptors (Lipinski definition) is 3. The summed E-state index contributed by atoms with van der Waals surface area (Å²) in [5, 5.41) is 22.4. The van der Waals surface area contributed by atoms with Crippen molar-refractivity contribution in [2.24, 2.45) is 0 Å². The second-order valence-corrected chi connectivity index (χ2v) is 5.52. The maximum Gasteiger partial charge on any atom is 1.00 e. The number of nitrogens with zero attached hydrogens (tertiary/aromatic N) is 2. The summed E-state index contributed by atoms with van der Waals surface area (Å²) in [7, 11) is 0. The van der Waals surface area contributed by atoms with Crippen molar-refractivity contribution in [3.63, 3.8) is 0 Å². The fraction of sp³-hybridized carbons (Fsp3) is 0.0500. The van der Waals surface area contributed by atoms with E-state index in [0.29, 0.717) is 5.52 Å². The first-order valence-electron chi connectivity index (χ1n) is 7.84. The second kappa shape index (κ2) is 8.98. The van der Waals surface area contributed by atoms with Gasteiger partial charge in [0.1, 0.15) is 5.69 Å². The standard InChI is InChI=1S/C10H8NO2.C10H7NO2.Cu/c2*12-10(13)9-6-5-7-3-1-2-4-8(7)11-9;/h1-6,9H,(H,12,13);1-6H,(H,12,13);/q-1;;+1. The van der Waals surface area contributed by atoms with Crippen LogP contribution in [0.15, 0.2) is 66.7 Å². The largest absolute Gasteiger partial charge is 1.00 e. The van der Waals surface area contributed by atoms with Crippen LogP contribution in [0, 0.1) is 0 Å². The van der Waals surface area contributed by atoms with Crippen LogP contribution in [-0.4, -0.2) is 33.2 Å². The van der Waals surface area contributed by atoms with E-state index >= 15 is 0 Å². The number of carboxylic acids is 2. The van der Waals surface area contributed by atoms with Crippen LogP contribution in [0.4, 0.5) is 5.69 Å². The number of fused-ring (bicyclic) bond motifs is 2. The number of aliphatic carboxylic acids is 1. The Labute approximate surface area is 166 Å². The molecule has 140 valence electrons. The average Bonchev–Trinajstić information content (AvgIpc) is 2.67. The van der Waals surface area contributed by atoms with Gasteiger partial charge in [-0.25, -0.2) is 9.78 Å². The van der Waals surface area contributed by atoms with Gasteiger partial charge in [0.05, 0.1) is 5.52 Å². The maximum atomic E-state index is 10.6. The van der Waals surface area contributed by atoms with Crippen LogP contribution in [0.3, 0.4) is 0 Å². The molecule has 1 aromatic heterocycles. The molecule has 0 radical (unpaired) electrons. The number of carboxylic acid groups (broad SMARTS) is 2. The van der Waals surface area contributed by atoms with Gasteiger partial charge >= 0.3 is 23.0 Å². The van der Waals surface area contributed by atoms with Crippen molar-refractivity contribution >= 4 is 34.6 Å². The zero-order valence-electron chi connectivity index (χ0n) is 13.9. The van der Waals surface area contributed by atoms with Crippen LogP contribution in [0.2, 0.25) is 0 Å². The third kappa shape index (κ3) is 4.94. The summed E-state index contributed by atoms with van der Waals surface area (Å²) in [5.41, 5.74) is 2.51. The molecule has 2 aromatic carbocycles. The van der Waals surface area contributed by atoms with E-state index < -0.39 is 18.0 Å². The van der Waals surface area contributed by atoms with E-state index in [-0.39, 0.29) is 22.8 Å². The van der Waals surface area contributed by atoms with Gasteiger partial charge in [0.15, 0.2) is 0 Å². The topological polar surface area (TPSA) is 102 Å². The third-order valence-corrected chi connectivity index (χ3v) is 3.74. The van der Waals surface area contributed by atoms with E-state index in [2.05, 4.69) is 10.3 Å². The molecule has 1 aliphatic heterocycles. The summed E-state index contributed by atoms with van der Waals surface area (Å²) in [4.78, 5) is 25.2. The molecular weight excluding hydrogens is 396 g/mol. The summed E-state index contributed by atoms with van der Waals surface area (Å²) in [6.45, 7) is 0. The SMILES string of the molecule is O=C(O)C1C=Cc2ccccc2[N-]1.O=C(O)c1ccc2ccccc2n1.[Cu+]. The first-order valence-corrected chi connectivity index (χ1v) is 7.84. The number of carbonyl (C=O) groups is 2. The van der Waals surface area contributed by atoms with Gasteiger partial charge in [-0.05, 0) is 17.7 Å².